The Balaban J connectivity index is 1.78. The zero-order chi connectivity index (χ0) is 14.4. The third-order valence-electron chi connectivity index (χ3n) is 3.55. The number of hydrogen-bond acceptors (Lipinski definition) is 1. The van der Waals surface area contributed by atoms with E-state index in [0.29, 0.717) is 12.6 Å². The largest absolute Gasteiger partial charge is 0.310 e. The highest BCUT2D eigenvalue weighted by molar-refractivity contribution is 5.22. The van der Waals surface area contributed by atoms with Gasteiger partial charge in [0.15, 0.2) is 0 Å². The van der Waals surface area contributed by atoms with E-state index in [9.17, 15) is 4.39 Å². The molecule has 0 aromatic heterocycles. The van der Waals surface area contributed by atoms with Crippen molar-refractivity contribution in [3.8, 4) is 0 Å². The van der Waals surface area contributed by atoms with Crippen LogP contribution in [-0.4, -0.2) is 6.04 Å². The maximum atomic E-state index is 13.5. The average molecular weight is 271 g/mol. The van der Waals surface area contributed by atoms with E-state index in [-0.39, 0.29) is 5.82 Å². The summed E-state index contributed by atoms with van der Waals surface area (Å²) >= 11 is 0. The molecule has 0 spiro atoms. The Hall–Kier alpha value is -1.67. The van der Waals surface area contributed by atoms with E-state index >= 15 is 0 Å². The summed E-state index contributed by atoms with van der Waals surface area (Å²) in [6.07, 6.45) is 2.10. The van der Waals surface area contributed by atoms with Crippen LogP contribution in [0.3, 0.4) is 0 Å². The first-order valence-electron chi connectivity index (χ1n) is 7.17. The maximum absolute atomic E-state index is 13.5. The minimum atomic E-state index is -0.133. The Kier molecular flexibility index (Phi) is 5.31. The molecule has 1 nitrogen and oxygen atoms in total. The second-order valence-electron chi connectivity index (χ2n) is 5.40. The molecule has 0 aliphatic carbocycles. The third-order valence-corrected chi connectivity index (χ3v) is 3.55. The maximum Gasteiger partial charge on any atom is 0.127 e. The number of nitrogens with one attached hydrogen (secondary N) is 1. The van der Waals surface area contributed by atoms with Gasteiger partial charge in [-0.25, -0.2) is 4.39 Å². The summed E-state index contributed by atoms with van der Waals surface area (Å²) in [4.78, 5) is 0. The summed E-state index contributed by atoms with van der Waals surface area (Å²) in [6.45, 7) is 4.85. The molecule has 0 heterocycles. The van der Waals surface area contributed by atoms with Gasteiger partial charge in [0.25, 0.3) is 0 Å². The predicted octanol–water partition coefficient (Wildman–Crippen LogP) is 4.25. The standard InChI is InChI=1S/C18H22FN/c1-14-6-5-7-16(12-14)11-10-15(2)20-13-17-8-3-4-9-18(17)19/h3-9,12,15,20H,10-11,13H2,1-2H3. The zero-order valence-electron chi connectivity index (χ0n) is 12.2. The monoisotopic (exact) mass is 271 g/mol. The van der Waals surface area contributed by atoms with Crippen molar-refractivity contribution >= 4 is 0 Å². The number of benzene rings is 2. The molecule has 20 heavy (non-hydrogen) atoms. The molecule has 0 radical (unpaired) electrons. The van der Waals surface area contributed by atoms with Gasteiger partial charge in [-0.2, -0.15) is 0 Å². The minimum Gasteiger partial charge on any atom is -0.310 e. The van der Waals surface area contributed by atoms with E-state index < -0.39 is 0 Å². The van der Waals surface area contributed by atoms with Crippen molar-refractivity contribution in [3.05, 3.63) is 71.0 Å². The van der Waals surface area contributed by atoms with Gasteiger partial charge in [-0.1, -0.05) is 48.0 Å². The Morgan fingerprint density at radius 3 is 2.65 bits per heavy atom. The summed E-state index contributed by atoms with van der Waals surface area (Å²) in [5.74, 6) is -0.133. The van der Waals surface area contributed by atoms with Crippen molar-refractivity contribution in [3.63, 3.8) is 0 Å². The van der Waals surface area contributed by atoms with E-state index in [1.807, 2.05) is 12.1 Å². The van der Waals surface area contributed by atoms with Crippen LogP contribution in [0.5, 0.6) is 0 Å². The SMILES string of the molecule is Cc1cccc(CCC(C)NCc2ccccc2F)c1. The number of hydrogen-bond donors (Lipinski definition) is 1. The van der Waals surface area contributed by atoms with Crippen LogP contribution in [0, 0.1) is 12.7 Å². The van der Waals surface area contributed by atoms with Gasteiger partial charge in [0.2, 0.25) is 0 Å². The smallest absolute Gasteiger partial charge is 0.127 e. The fourth-order valence-corrected chi connectivity index (χ4v) is 2.28. The van der Waals surface area contributed by atoms with Crippen molar-refractivity contribution in [1.82, 2.24) is 5.32 Å². The Morgan fingerprint density at radius 1 is 1.10 bits per heavy atom. The van der Waals surface area contributed by atoms with Crippen LogP contribution in [-0.2, 0) is 13.0 Å². The molecule has 0 saturated carbocycles. The Labute approximate surface area is 120 Å². The van der Waals surface area contributed by atoms with Gasteiger partial charge in [-0.3, -0.25) is 0 Å². The van der Waals surface area contributed by atoms with Crippen LogP contribution in [0.4, 0.5) is 4.39 Å². The molecule has 1 atom stereocenters. The van der Waals surface area contributed by atoms with Gasteiger partial charge in [0, 0.05) is 18.2 Å². The van der Waals surface area contributed by atoms with Crippen molar-refractivity contribution < 1.29 is 4.39 Å². The molecule has 0 saturated heterocycles. The zero-order valence-corrected chi connectivity index (χ0v) is 12.2. The first kappa shape index (κ1) is 14.7. The summed E-state index contributed by atoms with van der Waals surface area (Å²) in [6, 6.07) is 15.9. The van der Waals surface area contributed by atoms with Gasteiger partial charge in [-0.05, 0) is 38.3 Å². The lowest BCUT2D eigenvalue weighted by molar-refractivity contribution is 0.501. The second-order valence-corrected chi connectivity index (χ2v) is 5.40. The first-order valence-corrected chi connectivity index (χ1v) is 7.17. The molecular weight excluding hydrogens is 249 g/mol. The lowest BCUT2D eigenvalue weighted by Crippen LogP contribution is -2.26. The van der Waals surface area contributed by atoms with Crippen LogP contribution < -0.4 is 5.32 Å². The summed E-state index contributed by atoms with van der Waals surface area (Å²) in [5.41, 5.74) is 3.40. The van der Waals surface area contributed by atoms with Crippen molar-refractivity contribution in [2.75, 3.05) is 0 Å². The lowest BCUT2D eigenvalue weighted by Gasteiger charge is -2.14. The fraction of sp³-hybridized carbons (Fsp3) is 0.333. The van der Waals surface area contributed by atoms with E-state index in [1.165, 1.54) is 17.2 Å². The molecule has 0 fully saturated rings. The fourth-order valence-electron chi connectivity index (χ4n) is 2.28. The van der Waals surface area contributed by atoms with E-state index in [1.54, 1.807) is 6.07 Å². The van der Waals surface area contributed by atoms with E-state index in [4.69, 9.17) is 0 Å². The van der Waals surface area contributed by atoms with Gasteiger partial charge in [0.05, 0.1) is 0 Å². The van der Waals surface area contributed by atoms with Gasteiger partial charge in [-0.15, -0.1) is 0 Å². The van der Waals surface area contributed by atoms with Crippen LogP contribution in [0.1, 0.15) is 30.0 Å². The van der Waals surface area contributed by atoms with Crippen LogP contribution in [0.15, 0.2) is 48.5 Å². The normalized spacial score (nSPS) is 12.3. The molecular formula is C18H22FN. The second kappa shape index (κ2) is 7.20. The quantitative estimate of drug-likeness (QED) is 0.828. The Bertz CT molecular complexity index is 551. The summed E-state index contributed by atoms with van der Waals surface area (Å²) in [5, 5.41) is 3.38. The highest BCUT2D eigenvalue weighted by Crippen LogP contribution is 2.10. The van der Waals surface area contributed by atoms with E-state index in [2.05, 4.69) is 43.4 Å². The van der Waals surface area contributed by atoms with Crippen LogP contribution in [0.25, 0.3) is 0 Å². The van der Waals surface area contributed by atoms with Crippen molar-refractivity contribution in [1.29, 1.82) is 0 Å². The molecule has 0 aliphatic heterocycles. The highest BCUT2D eigenvalue weighted by atomic mass is 19.1. The summed E-state index contributed by atoms with van der Waals surface area (Å²) < 4.78 is 13.5. The first-order chi connectivity index (χ1) is 9.65. The molecule has 2 heteroatoms. The minimum absolute atomic E-state index is 0.133. The molecule has 0 amide bonds. The Morgan fingerprint density at radius 2 is 1.90 bits per heavy atom. The van der Waals surface area contributed by atoms with Crippen LogP contribution >= 0.6 is 0 Å². The van der Waals surface area contributed by atoms with Crippen LogP contribution in [0.2, 0.25) is 0 Å². The van der Waals surface area contributed by atoms with Gasteiger partial charge in [0.1, 0.15) is 5.82 Å². The van der Waals surface area contributed by atoms with Gasteiger partial charge < -0.3 is 5.32 Å². The lowest BCUT2D eigenvalue weighted by atomic mass is 10.0. The van der Waals surface area contributed by atoms with E-state index in [0.717, 1.165) is 18.4 Å². The molecule has 1 N–H and O–H groups in total. The third kappa shape index (κ3) is 4.46. The average Bonchev–Trinajstić information content (AvgIpc) is 2.44. The molecule has 0 bridgehead atoms. The number of aryl methyl sites for hydroxylation is 2. The number of rotatable bonds is 6. The van der Waals surface area contributed by atoms with Crippen molar-refractivity contribution in [2.45, 2.75) is 39.3 Å². The molecule has 2 aromatic rings. The molecule has 2 rings (SSSR count). The molecule has 1 unspecified atom stereocenters. The molecule has 106 valence electrons. The van der Waals surface area contributed by atoms with Crippen molar-refractivity contribution in [2.24, 2.45) is 0 Å². The highest BCUT2D eigenvalue weighted by Gasteiger charge is 2.05. The predicted molar refractivity (Wildman–Crippen MR) is 82.2 cm³/mol. The topological polar surface area (TPSA) is 12.0 Å². The summed E-state index contributed by atoms with van der Waals surface area (Å²) in [7, 11) is 0. The van der Waals surface area contributed by atoms with Gasteiger partial charge >= 0.3 is 0 Å². The molecule has 2 aromatic carbocycles. The number of halogens is 1. The molecule has 0 aliphatic rings.